The molecule has 0 aromatic heterocycles. The van der Waals surface area contributed by atoms with Gasteiger partial charge in [0.2, 0.25) is 5.96 Å². The molecule has 0 spiro atoms. The molecule has 0 saturated carbocycles. The van der Waals surface area contributed by atoms with Crippen molar-refractivity contribution < 1.29 is 4.74 Å². The van der Waals surface area contributed by atoms with Crippen LogP contribution in [0.1, 0.15) is 37.7 Å². The standard InChI is InChI=1S/C19H28N4O/c1-16-7-9-17(10-8-16)21-19(23-12-14-24-15-13-23)22-18-6-4-2-3-5-11-20-18/h7-10H,2-6,11-15H2,1H3,(H,20,21,22). The molecule has 1 fully saturated rings. The lowest BCUT2D eigenvalue weighted by Gasteiger charge is -2.30. The van der Waals surface area contributed by atoms with Crippen molar-refractivity contribution in [1.82, 2.24) is 4.90 Å². The minimum atomic E-state index is 0.751. The van der Waals surface area contributed by atoms with Crippen molar-refractivity contribution in [1.29, 1.82) is 0 Å². The number of aryl methyl sites for hydroxylation is 1. The van der Waals surface area contributed by atoms with E-state index in [0.29, 0.717) is 0 Å². The molecule has 0 bridgehead atoms. The summed E-state index contributed by atoms with van der Waals surface area (Å²) in [6.45, 7) is 6.24. The third-order valence-electron chi connectivity index (χ3n) is 4.46. The van der Waals surface area contributed by atoms with Gasteiger partial charge in [-0.25, -0.2) is 0 Å². The minimum absolute atomic E-state index is 0.751. The number of morpholine rings is 1. The van der Waals surface area contributed by atoms with Crippen LogP contribution in [-0.4, -0.2) is 49.5 Å². The fourth-order valence-electron chi connectivity index (χ4n) is 2.97. The quantitative estimate of drug-likeness (QED) is 0.634. The molecule has 2 aliphatic rings. The highest BCUT2D eigenvalue weighted by Gasteiger charge is 2.16. The summed E-state index contributed by atoms with van der Waals surface area (Å²) in [5.74, 6) is 1.89. The van der Waals surface area contributed by atoms with Crippen molar-refractivity contribution >= 4 is 17.5 Å². The number of hydrogen-bond donors (Lipinski definition) is 1. The Bertz CT molecular complexity index is 574. The summed E-state index contributed by atoms with van der Waals surface area (Å²) in [5.41, 5.74) is 2.33. The van der Waals surface area contributed by atoms with E-state index in [4.69, 9.17) is 14.7 Å². The van der Waals surface area contributed by atoms with Crippen LogP contribution in [0.25, 0.3) is 0 Å². The van der Waals surface area contributed by atoms with Crippen LogP contribution in [0.2, 0.25) is 0 Å². The van der Waals surface area contributed by atoms with E-state index < -0.39 is 0 Å². The Morgan fingerprint density at radius 3 is 2.62 bits per heavy atom. The monoisotopic (exact) mass is 328 g/mol. The molecule has 5 nitrogen and oxygen atoms in total. The van der Waals surface area contributed by atoms with Crippen LogP contribution in [0, 0.1) is 6.92 Å². The molecule has 0 aliphatic carbocycles. The van der Waals surface area contributed by atoms with Crippen molar-refractivity contribution in [2.75, 3.05) is 38.2 Å². The van der Waals surface area contributed by atoms with E-state index in [1.807, 2.05) is 0 Å². The van der Waals surface area contributed by atoms with Crippen molar-refractivity contribution in [2.24, 2.45) is 9.98 Å². The number of guanidine groups is 1. The molecule has 130 valence electrons. The van der Waals surface area contributed by atoms with Crippen molar-refractivity contribution in [3.05, 3.63) is 29.8 Å². The molecular weight excluding hydrogens is 300 g/mol. The molecule has 1 aromatic carbocycles. The van der Waals surface area contributed by atoms with Crippen LogP contribution < -0.4 is 5.32 Å². The van der Waals surface area contributed by atoms with Gasteiger partial charge in [-0.3, -0.25) is 4.99 Å². The van der Waals surface area contributed by atoms with Crippen molar-refractivity contribution in [3.63, 3.8) is 0 Å². The average molecular weight is 328 g/mol. The maximum atomic E-state index is 5.49. The lowest BCUT2D eigenvalue weighted by Crippen LogP contribution is -2.44. The first-order valence-corrected chi connectivity index (χ1v) is 9.10. The number of rotatable bonds is 1. The smallest absolute Gasteiger partial charge is 0.205 e. The van der Waals surface area contributed by atoms with E-state index in [1.54, 1.807) is 0 Å². The summed E-state index contributed by atoms with van der Waals surface area (Å²) in [7, 11) is 0. The fraction of sp³-hybridized carbons (Fsp3) is 0.579. The first-order valence-electron chi connectivity index (χ1n) is 9.10. The largest absolute Gasteiger partial charge is 0.378 e. The molecule has 2 aliphatic heterocycles. The summed E-state index contributed by atoms with van der Waals surface area (Å²) in [6, 6.07) is 8.44. The molecule has 1 N–H and O–H groups in total. The topological polar surface area (TPSA) is 49.2 Å². The number of anilines is 1. The minimum Gasteiger partial charge on any atom is -0.378 e. The van der Waals surface area contributed by atoms with E-state index in [9.17, 15) is 0 Å². The summed E-state index contributed by atoms with van der Waals surface area (Å²) >= 11 is 0. The second-order valence-electron chi connectivity index (χ2n) is 6.49. The van der Waals surface area contributed by atoms with Crippen LogP contribution in [0.15, 0.2) is 34.3 Å². The summed E-state index contributed by atoms with van der Waals surface area (Å²) in [4.78, 5) is 11.9. The maximum Gasteiger partial charge on any atom is 0.205 e. The number of hydrogen-bond acceptors (Lipinski definition) is 3. The number of aliphatic imine (C=N–C) groups is 2. The van der Waals surface area contributed by atoms with Crippen LogP contribution >= 0.6 is 0 Å². The highest BCUT2D eigenvalue weighted by Crippen LogP contribution is 2.13. The van der Waals surface area contributed by atoms with Gasteiger partial charge in [-0.15, -0.1) is 0 Å². The number of nitrogens with zero attached hydrogens (tertiary/aromatic N) is 3. The highest BCUT2D eigenvalue weighted by molar-refractivity contribution is 6.02. The SMILES string of the molecule is Cc1ccc(NC(=NC2=NCCCCCC2)N2CCOCC2)cc1. The van der Waals surface area contributed by atoms with Gasteiger partial charge in [0.1, 0.15) is 5.84 Å². The summed E-state index contributed by atoms with van der Waals surface area (Å²) in [6.07, 6.45) is 5.91. The zero-order valence-electron chi connectivity index (χ0n) is 14.6. The van der Waals surface area contributed by atoms with Crippen LogP contribution in [0.3, 0.4) is 0 Å². The van der Waals surface area contributed by atoms with Crippen LogP contribution in [-0.2, 0) is 4.74 Å². The number of nitrogens with one attached hydrogen (secondary N) is 1. The molecule has 24 heavy (non-hydrogen) atoms. The Morgan fingerprint density at radius 2 is 1.83 bits per heavy atom. The summed E-state index contributed by atoms with van der Waals surface area (Å²) < 4.78 is 5.49. The molecular formula is C19H28N4O. The highest BCUT2D eigenvalue weighted by atomic mass is 16.5. The van der Waals surface area contributed by atoms with E-state index in [-0.39, 0.29) is 0 Å². The van der Waals surface area contributed by atoms with Gasteiger partial charge in [-0.05, 0) is 31.9 Å². The third kappa shape index (κ3) is 5.06. The van der Waals surface area contributed by atoms with Gasteiger partial charge in [-0.1, -0.05) is 30.5 Å². The Balaban J connectivity index is 1.79. The first kappa shape index (κ1) is 17.0. The molecule has 1 aromatic rings. The number of ether oxygens (including phenoxy) is 1. The Kier molecular flexibility index (Phi) is 6.24. The van der Waals surface area contributed by atoms with Gasteiger partial charge in [-0.2, -0.15) is 4.99 Å². The van der Waals surface area contributed by atoms with E-state index >= 15 is 0 Å². The van der Waals surface area contributed by atoms with Gasteiger partial charge >= 0.3 is 0 Å². The summed E-state index contributed by atoms with van der Waals surface area (Å²) in [5, 5.41) is 3.50. The lowest BCUT2D eigenvalue weighted by molar-refractivity contribution is 0.0681. The second-order valence-corrected chi connectivity index (χ2v) is 6.49. The molecule has 1 saturated heterocycles. The van der Waals surface area contributed by atoms with Crippen LogP contribution in [0.5, 0.6) is 0 Å². The Labute approximate surface area is 144 Å². The zero-order chi connectivity index (χ0) is 16.6. The lowest BCUT2D eigenvalue weighted by atomic mass is 10.1. The zero-order valence-corrected chi connectivity index (χ0v) is 14.6. The predicted molar refractivity (Wildman–Crippen MR) is 100 cm³/mol. The average Bonchev–Trinajstić information content (AvgIpc) is 2.59. The number of benzene rings is 1. The Morgan fingerprint density at radius 1 is 1.08 bits per heavy atom. The fourth-order valence-corrected chi connectivity index (χ4v) is 2.97. The molecule has 3 rings (SSSR count). The van der Waals surface area contributed by atoms with E-state index in [1.165, 1.54) is 31.2 Å². The van der Waals surface area contributed by atoms with Crippen LogP contribution in [0.4, 0.5) is 5.69 Å². The van der Waals surface area contributed by atoms with Gasteiger partial charge in [0.05, 0.1) is 13.2 Å². The van der Waals surface area contributed by atoms with E-state index in [2.05, 4.69) is 41.4 Å². The molecule has 5 heteroatoms. The van der Waals surface area contributed by atoms with Gasteiger partial charge in [0.15, 0.2) is 0 Å². The third-order valence-corrected chi connectivity index (χ3v) is 4.46. The molecule has 0 atom stereocenters. The normalized spacial score (nSPS) is 20.1. The maximum absolute atomic E-state index is 5.49. The molecule has 0 unspecified atom stereocenters. The van der Waals surface area contributed by atoms with Gasteiger partial charge in [0, 0.05) is 31.7 Å². The molecule has 0 radical (unpaired) electrons. The van der Waals surface area contributed by atoms with Crippen molar-refractivity contribution in [3.8, 4) is 0 Å². The Hall–Kier alpha value is -1.88. The number of amidine groups is 1. The second kappa shape index (κ2) is 8.83. The molecule has 0 amide bonds. The van der Waals surface area contributed by atoms with Gasteiger partial charge < -0.3 is 15.0 Å². The first-order chi connectivity index (χ1) is 11.8. The van der Waals surface area contributed by atoms with E-state index in [0.717, 1.165) is 56.8 Å². The van der Waals surface area contributed by atoms with Crippen molar-refractivity contribution in [2.45, 2.75) is 39.0 Å². The predicted octanol–water partition coefficient (Wildman–Crippen LogP) is 3.46. The van der Waals surface area contributed by atoms with Gasteiger partial charge in [0.25, 0.3) is 0 Å². The molecule has 2 heterocycles.